The number of aromatic nitrogens is 1. The van der Waals surface area contributed by atoms with Crippen molar-refractivity contribution in [3.05, 3.63) is 74.1 Å². The van der Waals surface area contributed by atoms with Crippen LogP contribution >= 0.6 is 22.9 Å². The number of rotatable bonds is 5. The number of benzene rings is 2. The van der Waals surface area contributed by atoms with Crippen molar-refractivity contribution < 1.29 is 9.72 Å². The van der Waals surface area contributed by atoms with Crippen LogP contribution in [0.15, 0.2) is 47.8 Å². The predicted octanol–water partition coefficient (Wildman–Crippen LogP) is 5.75. The molecule has 6 nitrogen and oxygen atoms in total. The first-order valence-electron chi connectivity index (χ1n) is 8.16. The van der Waals surface area contributed by atoms with Crippen LogP contribution in [0.4, 0.5) is 10.8 Å². The Labute approximate surface area is 165 Å². The second kappa shape index (κ2) is 7.85. The third-order valence-corrected chi connectivity index (χ3v) is 5.09. The molecule has 1 amide bonds. The molecular weight excluding hydrogens is 386 g/mol. The summed E-state index contributed by atoms with van der Waals surface area (Å²) in [6, 6.07) is 11.8. The molecule has 3 rings (SSSR count). The minimum atomic E-state index is -0.574. The average molecular weight is 402 g/mol. The summed E-state index contributed by atoms with van der Waals surface area (Å²) in [5.74, 6) is -0.0937. The van der Waals surface area contributed by atoms with E-state index >= 15 is 0 Å². The van der Waals surface area contributed by atoms with Crippen molar-refractivity contribution in [2.75, 3.05) is 5.32 Å². The molecule has 0 radical (unpaired) electrons. The smallest absolute Gasteiger partial charge is 0.270 e. The SMILES string of the molecule is CC(C)c1ccc(-c2csc(NC(=O)c3cc([N+](=O)[O-])ccc3Cl)n2)cc1. The first-order valence-corrected chi connectivity index (χ1v) is 9.42. The summed E-state index contributed by atoms with van der Waals surface area (Å²) in [7, 11) is 0. The fourth-order valence-corrected chi connectivity index (χ4v) is 3.39. The average Bonchev–Trinajstić information content (AvgIpc) is 3.10. The molecular formula is C19H16ClN3O3S. The van der Waals surface area contributed by atoms with Gasteiger partial charge in [-0.05, 0) is 17.5 Å². The number of amides is 1. The van der Waals surface area contributed by atoms with Gasteiger partial charge >= 0.3 is 0 Å². The standard InChI is InChI=1S/C19H16ClN3O3S/c1-11(2)12-3-5-13(6-4-12)17-10-27-19(21-17)22-18(24)15-9-14(23(25)26)7-8-16(15)20/h3-11H,1-2H3,(H,21,22,24). The zero-order valence-electron chi connectivity index (χ0n) is 14.6. The maximum Gasteiger partial charge on any atom is 0.270 e. The quantitative estimate of drug-likeness (QED) is 0.435. The lowest BCUT2D eigenvalue weighted by atomic mass is 10.0. The Morgan fingerprint density at radius 2 is 1.93 bits per heavy atom. The minimum absolute atomic E-state index is 0.0314. The lowest BCUT2D eigenvalue weighted by molar-refractivity contribution is -0.384. The van der Waals surface area contributed by atoms with Gasteiger partial charge in [0.05, 0.1) is 21.2 Å². The highest BCUT2D eigenvalue weighted by Gasteiger charge is 2.17. The molecule has 0 bridgehead atoms. The largest absolute Gasteiger partial charge is 0.298 e. The molecule has 0 saturated heterocycles. The van der Waals surface area contributed by atoms with Crippen LogP contribution in [-0.4, -0.2) is 15.8 Å². The van der Waals surface area contributed by atoms with Gasteiger partial charge in [0.2, 0.25) is 0 Å². The Bertz CT molecular complexity index is 1000. The van der Waals surface area contributed by atoms with Crippen LogP contribution in [0, 0.1) is 10.1 Å². The third-order valence-electron chi connectivity index (χ3n) is 4.00. The number of nitrogens with one attached hydrogen (secondary N) is 1. The van der Waals surface area contributed by atoms with Crippen molar-refractivity contribution in [2.24, 2.45) is 0 Å². The number of nitro benzene ring substituents is 1. The molecule has 8 heteroatoms. The van der Waals surface area contributed by atoms with Gasteiger partial charge in [0.1, 0.15) is 0 Å². The van der Waals surface area contributed by atoms with Crippen LogP contribution in [0.25, 0.3) is 11.3 Å². The van der Waals surface area contributed by atoms with Crippen molar-refractivity contribution in [2.45, 2.75) is 19.8 Å². The topological polar surface area (TPSA) is 85.1 Å². The maximum absolute atomic E-state index is 12.4. The first kappa shape index (κ1) is 19.0. The van der Waals surface area contributed by atoms with E-state index < -0.39 is 10.8 Å². The monoisotopic (exact) mass is 401 g/mol. The van der Waals surface area contributed by atoms with E-state index in [-0.39, 0.29) is 16.3 Å². The Hall–Kier alpha value is -2.77. The summed E-state index contributed by atoms with van der Waals surface area (Å²) < 4.78 is 0. The van der Waals surface area contributed by atoms with E-state index in [1.54, 1.807) is 0 Å². The summed E-state index contributed by atoms with van der Waals surface area (Å²) >= 11 is 7.28. The van der Waals surface area contributed by atoms with E-state index in [0.29, 0.717) is 11.0 Å². The van der Waals surface area contributed by atoms with Gasteiger partial charge in [-0.25, -0.2) is 4.98 Å². The van der Waals surface area contributed by atoms with Crippen molar-refractivity contribution in [3.8, 4) is 11.3 Å². The van der Waals surface area contributed by atoms with E-state index in [2.05, 4.69) is 36.3 Å². The molecule has 0 unspecified atom stereocenters. The van der Waals surface area contributed by atoms with Crippen molar-refractivity contribution in [3.63, 3.8) is 0 Å². The normalized spacial score (nSPS) is 10.8. The van der Waals surface area contributed by atoms with Gasteiger partial charge in [-0.15, -0.1) is 11.3 Å². The van der Waals surface area contributed by atoms with Crippen LogP contribution < -0.4 is 5.32 Å². The summed E-state index contributed by atoms with van der Waals surface area (Å²) in [5, 5.41) is 15.9. The summed E-state index contributed by atoms with van der Waals surface area (Å²) in [6.45, 7) is 4.26. The van der Waals surface area contributed by atoms with Crippen molar-refractivity contribution >= 4 is 39.7 Å². The molecule has 1 N–H and O–H groups in total. The molecule has 27 heavy (non-hydrogen) atoms. The highest BCUT2D eigenvalue weighted by Crippen LogP contribution is 2.28. The van der Waals surface area contributed by atoms with E-state index in [1.165, 1.54) is 29.0 Å². The number of hydrogen-bond acceptors (Lipinski definition) is 5. The second-order valence-electron chi connectivity index (χ2n) is 6.19. The summed E-state index contributed by atoms with van der Waals surface area (Å²) in [4.78, 5) is 27.2. The number of carbonyl (C=O) groups is 1. The Morgan fingerprint density at radius 3 is 2.56 bits per heavy atom. The number of hydrogen-bond donors (Lipinski definition) is 1. The van der Waals surface area contributed by atoms with Gasteiger partial charge < -0.3 is 0 Å². The zero-order chi connectivity index (χ0) is 19.6. The molecule has 0 aliphatic carbocycles. The van der Waals surface area contributed by atoms with Crippen molar-refractivity contribution in [1.82, 2.24) is 4.98 Å². The molecule has 2 aromatic carbocycles. The molecule has 0 aliphatic heterocycles. The fourth-order valence-electron chi connectivity index (χ4n) is 2.47. The van der Waals surface area contributed by atoms with Gasteiger partial charge in [-0.3, -0.25) is 20.2 Å². The van der Waals surface area contributed by atoms with Gasteiger partial charge in [-0.2, -0.15) is 0 Å². The van der Waals surface area contributed by atoms with Gasteiger partial charge in [-0.1, -0.05) is 49.7 Å². The van der Waals surface area contributed by atoms with Crippen LogP contribution in [0.2, 0.25) is 5.02 Å². The lowest BCUT2D eigenvalue weighted by Crippen LogP contribution is -2.12. The van der Waals surface area contributed by atoms with E-state index in [1.807, 2.05) is 17.5 Å². The Kier molecular flexibility index (Phi) is 5.53. The van der Waals surface area contributed by atoms with Crippen LogP contribution in [0.1, 0.15) is 35.7 Å². The van der Waals surface area contributed by atoms with Crippen LogP contribution in [0.3, 0.4) is 0 Å². The van der Waals surface area contributed by atoms with E-state index in [0.717, 1.165) is 17.3 Å². The second-order valence-corrected chi connectivity index (χ2v) is 7.46. The molecule has 3 aromatic rings. The highest BCUT2D eigenvalue weighted by molar-refractivity contribution is 7.14. The first-order chi connectivity index (χ1) is 12.8. The number of anilines is 1. The van der Waals surface area contributed by atoms with E-state index in [4.69, 9.17) is 11.6 Å². The summed E-state index contributed by atoms with van der Waals surface area (Å²) in [5.41, 5.74) is 2.77. The molecule has 0 saturated carbocycles. The lowest BCUT2D eigenvalue weighted by Gasteiger charge is -2.05. The molecule has 0 fully saturated rings. The fraction of sp³-hybridized carbons (Fsp3) is 0.158. The Morgan fingerprint density at radius 1 is 1.22 bits per heavy atom. The number of carbonyl (C=O) groups excluding carboxylic acids is 1. The minimum Gasteiger partial charge on any atom is -0.298 e. The zero-order valence-corrected chi connectivity index (χ0v) is 16.2. The van der Waals surface area contributed by atoms with Gasteiger partial charge in [0.15, 0.2) is 5.13 Å². The van der Waals surface area contributed by atoms with Gasteiger partial charge in [0, 0.05) is 23.1 Å². The Balaban J connectivity index is 1.78. The molecule has 1 aromatic heterocycles. The number of non-ortho nitro benzene ring substituents is 1. The van der Waals surface area contributed by atoms with Crippen LogP contribution in [-0.2, 0) is 0 Å². The predicted molar refractivity (Wildman–Crippen MR) is 108 cm³/mol. The molecule has 138 valence electrons. The highest BCUT2D eigenvalue weighted by atomic mass is 35.5. The number of nitro groups is 1. The summed E-state index contributed by atoms with van der Waals surface area (Å²) in [6.07, 6.45) is 0. The maximum atomic E-state index is 12.4. The number of nitrogens with zero attached hydrogens (tertiary/aromatic N) is 2. The molecule has 0 aliphatic rings. The van der Waals surface area contributed by atoms with Crippen molar-refractivity contribution in [1.29, 1.82) is 0 Å². The van der Waals surface area contributed by atoms with E-state index in [9.17, 15) is 14.9 Å². The van der Waals surface area contributed by atoms with Gasteiger partial charge in [0.25, 0.3) is 11.6 Å². The van der Waals surface area contributed by atoms with Crippen LogP contribution in [0.5, 0.6) is 0 Å². The molecule has 0 atom stereocenters. The number of thiazole rings is 1. The molecule has 0 spiro atoms. The number of halogens is 1. The third kappa shape index (κ3) is 4.32. The molecule has 1 heterocycles.